The van der Waals surface area contributed by atoms with E-state index in [0.717, 1.165) is 18.9 Å². The summed E-state index contributed by atoms with van der Waals surface area (Å²) >= 11 is 0. The third-order valence-electron chi connectivity index (χ3n) is 4.41. The van der Waals surface area contributed by atoms with Crippen LogP contribution in [0.2, 0.25) is 0 Å². The van der Waals surface area contributed by atoms with E-state index in [-0.39, 0.29) is 15.7 Å². The van der Waals surface area contributed by atoms with Crippen LogP contribution in [0.3, 0.4) is 0 Å². The van der Waals surface area contributed by atoms with Gasteiger partial charge in [-0.2, -0.15) is 0 Å². The van der Waals surface area contributed by atoms with E-state index in [2.05, 4.69) is 5.32 Å². The summed E-state index contributed by atoms with van der Waals surface area (Å²) in [6.45, 7) is 5.33. The zero-order chi connectivity index (χ0) is 20.2. The second-order valence-corrected chi connectivity index (χ2v) is 10.8. The van der Waals surface area contributed by atoms with Gasteiger partial charge in [0.05, 0.1) is 22.0 Å². The van der Waals surface area contributed by atoms with Crippen molar-refractivity contribution < 1.29 is 21.6 Å². The molecule has 1 heterocycles. The summed E-state index contributed by atoms with van der Waals surface area (Å²) in [6, 6.07) is 4.21. The molecule has 0 aromatic heterocycles. The van der Waals surface area contributed by atoms with Gasteiger partial charge in [0.2, 0.25) is 5.91 Å². The molecule has 0 radical (unpaired) electrons. The lowest BCUT2D eigenvalue weighted by atomic mass is 10.2. The average molecular weight is 418 g/mol. The molecule has 8 nitrogen and oxygen atoms in total. The smallest absolute Gasteiger partial charge is 0.234 e. The third kappa shape index (κ3) is 5.91. The molecule has 2 rings (SSSR count). The van der Waals surface area contributed by atoms with Crippen molar-refractivity contribution in [2.75, 3.05) is 56.7 Å². The Morgan fingerprint density at radius 2 is 1.67 bits per heavy atom. The van der Waals surface area contributed by atoms with Crippen molar-refractivity contribution in [2.45, 2.75) is 23.1 Å². The number of hydrogen-bond acceptors (Lipinski definition) is 7. The number of sulfone groups is 2. The average Bonchev–Trinajstić information content (AvgIpc) is 2.58. The van der Waals surface area contributed by atoms with Gasteiger partial charge in [0, 0.05) is 45.2 Å². The molecule has 1 fully saturated rings. The predicted octanol–water partition coefficient (Wildman–Crippen LogP) is 0.142. The minimum absolute atomic E-state index is 0.0135. The topological polar surface area (TPSA) is 104 Å². The SMILES string of the molecule is CCCNC(=O)CN1CCN(c2ccc(S(C)(=O)=O)cc2S(C)(=O)=O)CC1. The van der Waals surface area contributed by atoms with E-state index < -0.39 is 19.7 Å². The molecule has 1 aliphatic rings. The first-order chi connectivity index (χ1) is 12.5. The summed E-state index contributed by atoms with van der Waals surface area (Å²) in [7, 11) is -7.09. The zero-order valence-electron chi connectivity index (χ0n) is 15.9. The molecule has 0 atom stereocenters. The number of benzene rings is 1. The van der Waals surface area contributed by atoms with Crippen LogP contribution in [0.5, 0.6) is 0 Å². The summed E-state index contributed by atoms with van der Waals surface area (Å²) in [5.41, 5.74) is 0.500. The second-order valence-electron chi connectivity index (χ2n) is 6.79. The number of nitrogens with zero attached hydrogens (tertiary/aromatic N) is 2. The van der Waals surface area contributed by atoms with E-state index in [1.165, 1.54) is 12.1 Å². The van der Waals surface area contributed by atoms with Crippen molar-refractivity contribution in [2.24, 2.45) is 0 Å². The quantitative estimate of drug-likeness (QED) is 0.673. The van der Waals surface area contributed by atoms with E-state index in [1.54, 1.807) is 6.07 Å². The van der Waals surface area contributed by atoms with Crippen LogP contribution in [-0.2, 0) is 24.5 Å². The van der Waals surface area contributed by atoms with Crippen LogP contribution in [0.4, 0.5) is 5.69 Å². The Kier molecular flexibility index (Phi) is 6.87. The summed E-state index contributed by atoms with van der Waals surface area (Å²) in [6.07, 6.45) is 3.01. The third-order valence-corrected chi connectivity index (χ3v) is 6.65. The first-order valence-corrected chi connectivity index (χ1v) is 12.6. The van der Waals surface area contributed by atoms with E-state index in [1.807, 2.05) is 16.7 Å². The normalized spacial score (nSPS) is 16.3. The highest BCUT2D eigenvalue weighted by Gasteiger charge is 2.25. The molecule has 10 heteroatoms. The zero-order valence-corrected chi connectivity index (χ0v) is 17.6. The number of nitrogens with one attached hydrogen (secondary N) is 1. The second kappa shape index (κ2) is 8.57. The molecule has 27 heavy (non-hydrogen) atoms. The molecule has 0 bridgehead atoms. The fourth-order valence-corrected chi connectivity index (χ4v) is 4.59. The van der Waals surface area contributed by atoms with E-state index in [4.69, 9.17) is 0 Å². The molecule has 0 saturated carbocycles. The van der Waals surface area contributed by atoms with Crippen molar-refractivity contribution in [1.82, 2.24) is 10.2 Å². The van der Waals surface area contributed by atoms with E-state index in [0.29, 0.717) is 45.0 Å². The van der Waals surface area contributed by atoms with Gasteiger partial charge in [0.15, 0.2) is 19.7 Å². The van der Waals surface area contributed by atoms with Crippen molar-refractivity contribution in [1.29, 1.82) is 0 Å². The maximum atomic E-state index is 12.2. The van der Waals surface area contributed by atoms with Crippen LogP contribution >= 0.6 is 0 Å². The number of anilines is 1. The van der Waals surface area contributed by atoms with Crippen molar-refractivity contribution in [3.05, 3.63) is 18.2 Å². The van der Waals surface area contributed by atoms with Crippen LogP contribution in [-0.4, -0.2) is 79.4 Å². The number of carbonyl (C=O) groups is 1. The van der Waals surface area contributed by atoms with Crippen LogP contribution in [0.25, 0.3) is 0 Å². The van der Waals surface area contributed by atoms with Crippen LogP contribution in [0.1, 0.15) is 13.3 Å². The van der Waals surface area contributed by atoms with Crippen molar-refractivity contribution >= 4 is 31.3 Å². The molecule has 1 saturated heterocycles. The Balaban J connectivity index is 2.15. The van der Waals surface area contributed by atoms with Gasteiger partial charge in [0.25, 0.3) is 0 Å². The number of amides is 1. The first-order valence-electron chi connectivity index (χ1n) is 8.80. The molecule has 1 N–H and O–H groups in total. The predicted molar refractivity (Wildman–Crippen MR) is 105 cm³/mol. The van der Waals surface area contributed by atoms with Crippen molar-refractivity contribution in [3.8, 4) is 0 Å². The largest absolute Gasteiger partial charge is 0.368 e. The van der Waals surface area contributed by atoms with Gasteiger partial charge in [-0.05, 0) is 24.6 Å². The minimum Gasteiger partial charge on any atom is -0.368 e. The molecule has 1 aromatic carbocycles. The minimum atomic E-state index is -3.59. The molecule has 152 valence electrons. The summed E-state index contributed by atoms with van der Waals surface area (Å²) in [4.78, 5) is 15.8. The van der Waals surface area contributed by atoms with Gasteiger partial charge < -0.3 is 10.2 Å². The maximum Gasteiger partial charge on any atom is 0.234 e. The van der Waals surface area contributed by atoms with Crippen LogP contribution < -0.4 is 10.2 Å². The Morgan fingerprint density at radius 3 is 2.19 bits per heavy atom. The molecular weight excluding hydrogens is 390 g/mol. The first kappa shape index (κ1) is 21.6. The fourth-order valence-electron chi connectivity index (χ4n) is 2.95. The number of rotatable bonds is 7. The fraction of sp³-hybridized carbons (Fsp3) is 0.588. The lowest BCUT2D eigenvalue weighted by Gasteiger charge is -2.36. The van der Waals surface area contributed by atoms with Crippen LogP contribution in [0, 0.1) is 0 Å². The van der Waals surface area contributed by atoms with Gasteiger partial charge in [-0.25, -0.2) is 16.8 Å². The van der Waals surface area contributed by atoms with Gasteiger partial charge in [-0.3, -0.25) is 9.69 Å². The molecule has 0 unspecified atom stereocenters. The molecule has 1 amide bonds. The number of piperazine rings is 1. The van der Waals surface area contributed by atoms with Gasteiger partial charge in [0.1, 0.15) is 0 Å². The summed E-state index contributed by atoms with van der Waals surface area (Å²) in [5, 5.41) is 2.84. The molecule has 1 aromatic rings. The number of hydrogen-bond donors (Lipinski definition) is 1. The Hall–Kier alpha value is -1.65. The van der Waals surface area contributed by atoms with E-state index >= 15 is 0 Å². The lowest BCUT2D eigenvalue weighted by Crippen LogP contribution is -2.49. The van der Waals surface area contributed by atoms with Crippen molar-refractivity contribution in [3.63, 3.8) is 0 Å². The Labute approximate surface area is 161 Å². The molecular formula is C17H27N3O5S2. The van der Waals surface area contributed by atoms with Gasteiger partial charge in [-0.1, -0.05) is 6.92 Å². The highest BCUT2D eigenvalue weighted by atomic mass is 32.2. The monoisotopic (exact) mass is 417 g/mol. The van der Waals surface area contributed by atoms with Gasteiger partial charge >= 0.3 is 0 Å². The number of carbonyl (C=O) groups excluding carboxylic acids is 1. The molecule has 0 spiro atoms. The summed E-state index contributed by atoms with van der Waals surface area (Å²) in [5.74, 6) is -0.0142. The Bertz CT molecular complexity index is 889. The highest BCUT2D eigenvalue weighted by Crippen LogP contribution is 2.29. The van der Waals surface area contributed by atoms with E-state index in [9.17, 15) is 21.6 Å². The standard InChI is InChI=1S/C17H27N3O5S2/c1-4-7-18-17(21)13-19-8-10-20(11-9-19)15-6-5-14(26(2,22)23)12-16(15)27(3,24)25/h5-6,12H,4,7-11,13H2,1-3H3,(H,18,21). The molecule has 0 aliphatic carbocycles. The highest BCUT2D eigenvalue weighted by molar-refractivity contribution is 7.91. The van der Waals surface area contributed by atoms with Crippen LogP contribution in [0.15, 0.2) is 28.0 Å². The lowest BCUT2D eigenvalue weighted by molar-refractivity contribution is -0.122. The Morgan fingerprint density at radius 1 is 1.04 bits per heavy atom. The van der Waals surface area contributed by atoms with Gasteiger partial charge in [-0.15, -0.1) is 0 Å². The summed E-state index contributed by atoms with van der Waals surface area (Å²) < 4.78 is 47.9. The maximum absolute atomic E-state index is 12.2. The molecule has 1 aliphatic heterocycles.